The Balaban J connectivity index is 4.26. The van der Waals surface area contributed by atoms with E-state index in [9.17, 15) is 13.2 Å². The molecule has 0 N–H and O–H groups in total. The predicted molar refractivity (Wildman–Crippen MR) is 44.4 cm³/mol. The van der Waals surface area contributed by atoms with Crippen LogP contribution in [0.15, 0.2) is 17.8 Å². The molecule has 0 fully saturated rings. The second-order valence-corrected chi connectivity index (χ2v) is 2.18. The van der Waals surface area contributed by atoms with Crippen LogP contribution in [-0.2, 0) is 9.57 Å². The van der Waals surface area contributed by atoms with Gasteiger partial charge in [0.15, 0.2) is 6.61 Å². The van der Waals surface area contributed by atoms with E-state index in [-0.39, 0.29) is 6.02 Å². The number of hydrogen-bond donors (Lipinski definition) is 0. The highest BCUT2D eigenvalue weighted by molar-refractivity contribution is 5.73. The lowest BCUT2D eigenvalue weighted by molar-refractivity contribution is -0.164. The van der Waals surface area contributed by atoms with Crippen LogP contribution in [0.1, 0.15) is 0 Å². The van der Waals surface area contributed by atoms with Crippen molar-refractivity contribution in [2.24, 2.45) is 4.99 Å². The fourth-order valence-electron chi connectivity index (χ4n) is 0.512. The third-order valence-corrected chi connectivity index (χ3v) is 1.11. The van der Waals surface area contributed by atoms with Gasteiger partial charge in [0, 0.05) is 13.2 Å². The van der Waals surface area contributed by atoms with Crippen LogP contribution in [0, 0.1) is 0 Å². The standard InChI is InChI=1S/C7H11F3N2O2/c1-4-11-6(12(2)13-3)14-5-7(8,9)10/h4H,1,5H2,2-3H3. The third-order valence-electron chi connectivity index (χ3n) is 1.11. The molecule has 4 nitrogen and oxygen atoms in total. The molecule has 0 aliphatic carbocycles. The molecule has 0 aromatic rings. The number of rotatable bonds is 3. The molecular formula is C7H11F3N2O2. The number of ether oxygens (including phenoxy) is 1. The first-order valence-electron chi connectivity index (χ1n) is 3.56. The molecule has 0 rings (SSSR count). The molecule has 82 valence electrons. The van der Waals surface area contributed by atoms with Crippen LogP contribution in [0.25, 0.3) is 0 Å². The number of halogens is 3. The lowest BCUT2D eigenvalue weighted by atomic mass is 10.7. The van der Waals surface area contributed by atoms with Gasteiger partial charge in [-0.2, -0.15) is 13.2 Å². The Hall–Kier alpha value is -1.24. The summed E-state index contributed by atoms with van der Waals surface area (Å²) >= 11 is 0. The van der Waals surface area contributed by atoms with Gasteiger partial charge < -0.3 is 4.74 Å². The van der Waals surface area contributed by atoms with Gasteiger partial charge in [-0.25, -0.2) is 10.1 Å². The van der Waals surface area contributed by atoms with Gasteiger partial charge in [-0.05, 0) is 0 Å². The first kappa shape index (κ1) is 12.8. The third kappa shape index (κ3) is 5.41. The summed E-state index contributed by atoms with van der Waals surface area (Å²) in [6, 6.07) is -0.306. The number of hydrogen-bond acceptors (Lipinski definition) is 3. The van der Waals surface area contributed by atoms with E-state index in [1.807, 2.05) is 0 Å². The molecule has 14 heavy (non-hydrogen) atoms. The number of nitrogens with zero attached hydrogens (tertiary/aromatic N) is 2. The minimum atomic E-state index is -4.41. The van der Waals surface area contributed by atoms with E-state index >= 15 is 0 Å². The molecule has 0 amide bonds. The average molecular weight is 212 g/mol. The fourth-order valence-corrected chi connectivity index (χ4v) is 0.512. The largest absolute Gasteiger partial charge is 0.454 e. The van der Waals surface area contributed by atoms with Crippen LogP contribution in [-0.4, -0.2) is 38.0 Å². The van der Waals surface area contributed by atoms with Gasteiger partial charge in [-0.15, -0.1) is 0 Å². The van der Waals surface area contributed by atoms with Crippen LogP contribution >= 0.6 is 0 Å². The molecule has 0 aliphatic heterocycles. The molecule has 0 aromatic carbocycles. The molecule has 0 saturated heterocycles. The van der Waals surface area contributed by atoms with E-state index < -0.39 is 12.8 Å². The first-order valence-corrected chi connectivity index (χ1v) is 3.56. The molecule has 0 radical (unpaired) electrons. The number of aliphatic imine (C=N–C) groups is 1. The zero-order valence-electron chi connectivity index (χ0n) is 7.84. The summed E-state index contributed by atoms with van der Waals surface area (Å²) in [5.74, 6) is 0. The van der Waals surface area contributed by atoms with E-state index in [2.05, 4.69) is 21.1 Å². The monoisotopic (exact) mass is 212 g/mol. The predicted octanol–water partition coefficient (Wildman–Crippen LogP) is 1.56. The summed E-state index contributed by atoms with van der Waals surface area (Å²) in [7, 11) is 2.63. The van der Waals surface area contributed by atoms with Crippen molar-refractivity contribution in [3.8, 4) is 0 Å². The topological polar surface area (TPSA) is 34.1 Å². The second-order valence-electron chi connectivity index (χ2n) is 2.18. The summed E-state index contributed by atoms with van der Waals surface area (Å²) in [6.07, 6.45) is -3.35. The van der Waals surface area contributed by atoms with E-state index in [1.165, 1.54) is 14.2 Å². The number of amidine groups is 1. The number of alkyl halides is 3. The summed E-state index contributed by atoms with van der Waals surface area (Å²) in [4.78, 5) is 8.05. The minimum Gasteiger partial charge on any atom is -0.454 e. The van der Waals surface area contributed by atoms with Gasteiger partial charge in [0.2, 0.25) is 0 Å². The minimum absolute atomic E-state index is 0.306. The van der Waals surface area contributed by atoms with Gasteiger partial charge in [0.05, 0.1) is 7.11 Å². The molecule has 7 heteroatoms. The molecule has 0 atom stereocenters. The van der Waals surface area contributed by atoms with Crippen molar-refractivity contribution in [2.45, 2.75) is 6.18 Å². The van der Waals surface area contributed by atoms with Crippen molar-refractivity contribution >= 4 is 6.02 Å². The SMILES string of the molecule is C=CN=C(OCC(F)(F)F)N(C)OC. The Morgan fingerprint density at radius 3 is 2.50 bits per heavy atom. The van der Waals surface area contributed by atoms with E-state index in [0.717, 1.165) is 11.3 Å². The maximum atomic E-state index is 11.8. The van der Waals surface area contributed by atoms with Crippen LogP contribution in [0.5, 0.6) is 0 Å². The van der Waals surface area contributed by atoms with Crippen molar-refractivity contribution < 1.29 is 22.7 Å². The Kier molecular flexibility index (Phi) is 5.00. The summed E-state index contributed by atoms with van der Waals surface area (Å²) < 4.78 is 39.6. The van der Waals surface area contributed by atoms with Crippen molar-refractivity contribution in [3.63, 3.8) is 0 Å². The van der Waals surface area contributed by atoms with Crippen LogP contribution in [0.4, 0.5) is 13.2 Å². The van der Waals surface area contributed by atoms with Crippen molar-refractivity contribution in [1.82, 2.24) is 5.06 Å². The molecule has 0 saturated carbocycles. The normalized spacial score (nSPS) is 12.5. The van der Waals surface area contributed by atoms with E-state index in [1.54, 1.807) is 0 Å². The Morgan fingerprint density at radius 1 is 1.57 bits per heavy atom. The van der Waals surface area contributed by atoms with Gasteiger partial charge in [0.25, 0.3) is 0 Å². The summed E-state index contributed by atoms with van der Waals surface area (Å²) in [6.45, 7) is 1.81. The van der Waals surface area contributed by atoms with Crippen LogP contribution in [0.3, 0.4) is 0 Å². The molecule has 0 bridgehead atoms. The Bertz CT molecular complexity index is 215. The first-order chi connectivity index (χ1) is 6.40. The van der Waals surface area contributed by atoms with Crippen molar-refractivity contribution in [2.75, 3.05) is 20.8 Å². The van der Waals surface area contributed by atoms with Gasteiger partial charge in [0.1, 0.15) is 0 Å². The molecule has 0 spiro atoms. The van der Waals surface area contributed by atoms with E-state index in [0.29, 0.717) is 0 Å². The molecule has 0 aromatic heterocycles. The molecule has 0 unspecified atom stereocenters. The molecular weight excluding hydrogens is 201 g/mol. The highest BCUT2D eigenvalue weighted by Crippen LogP contribution is 2.14. The summed E-state index contributed by atoms with van der Waals surface area (Å²) in [5.41, 5.74) is 0. The van der Waals surface area contributed by atoms with Gasteiger partial charge in [-0.1, -0.05) is 6.58 Å². The van der Waals surface area contributed by atoms with Crippen LogP contribution < -0.4 is 0 Å². The highest BCUT2D eigenvalue weighted by Gasteiger charge is 2.29. The van der Waals surface area contributed by atoms with E-state index in [4.69, 9.17) is 0 Å². The maximum absolute atomic E-state index is 11.8. The zero-order valence-corrected chi connectivity index (χ0v) is 7.84. The Morgan fingerprint density at radius 2 is 2.14 bits per heavy atom. The van der Waals surface area contributed by atoms with Crippen molar-refractivity contribution in [1.29, 1.82) is 0 Å². The number of hydroxylamine groups is 2. The smallest absolute Gasteiger partial charge is 0.422 e. The van der Waals surface area contributed by atoms with Crippen LogP contribution in [0.2, 0.25) is 0 Å². The lowest BCUT2D eigenvalue weighted by Crippen LogP contribution is -2.31. The fraction of sp³-hybridized carbons (Fsp3) is 0.571. The quantitative estimate of drug-likeness (QED) is 0.404. The zero-order chi connectivity index (χ0) is 11.2. The van der Waals surface area contributed by atoms with Crippen molar-refractivity contribution in [3.05, 3.63) is 12.8 Å². The summed E-state index contributed by atoms with van der Waals surface area (Å²) in [5, 5.41) is 0.952. The second kappa shape index (κ2) is 5.48. The molecule has 0 heterocycles. The van der Waals surface area contributed by atoms with Gasteiger partial charge >= 0.3 is 12.2 Å². The Labute approximate surface area is 79.6 Å². The van der Waals surface area contributed by atoms with Gasteiger partial charge in [-0.3, -0.25) is 4.84 Å². The highest BCUT2D eigenvalue weighted by atomic mass is 19.4. The lowest BCUT2D eigenvalue weighted by Gasteiger charge is -2.18. The molecule has 0 aliphatic rings. The average Bonchev–Trinajstić information content (AvgIpc) is 2.09. The maximum Gasteiger partial charge on any atom is 0.422 e.